The van der Waals surface area contributed by atoms with Gasteiger partial charge in [-0.05, 0) is 6.42 Å². The summed E-state index contributed by atoms with van der Waals surface area (Å²) < 4.78 is 0. The summed E-state index contributed by atoms with van der Waals surface area (Å²) >= 11 is 0. The summed E-state index contributed by atoms with van der Waals surface area (Å²) in [6.45, 7) is 0.692. The van der Waals surface area contributed by atoms with Crippen LogP contribution in [0.15, 0.2) is 5.16 Å². The van der Waals surface area contributed by atoms with Crippen LogP contribution in [-0.4, -0.2) is 23.4 Å². The van der Waals surface area contributed by atoms with Crippen LogP contribution in [0.4, 0.5) is 0 Å². The zero-order valence-corrected chi connectivity index (χ0v) is 4.92. The predicted octanol–water partition coefficient (Wildman–Crippen LogP) is -0.273. The van der Waals surface area contributed by atoms with Crippen LogP contribution in [0.1, 0.15) is 12.8 Å². The molecule has 4 nitrogen and oxygen atoms in total. The van der Waals surface area contributed by atoms with E-state index in [9.17, 15) is 4.79 Å². The van der Waals surface area contributed by atoms with Gasteiger partial charge in [0.15, 0.2) is 0 Å². The second-order valence-electron chi connectivity index (χ2n) is 1.91. The average molecular weight is 128 g/mol. The Balaban J connectivity index is 2.60. The third kappa shape index (κ3) is 1.19. The molecule has 0 radical (unpaired) electrons. The number of carbonyl (C=O) groups excluding carboxylic acids is 1. The first kappa shape index (κ1) is 6.07. The van der Waals surface area contributed by atoms with Gasteiger partial charge in [-0.3, -0.25) is 4.79 Å². The number of nitrogens with one attached hydrogen (secondary N) is 1. The number of oxime groups is 1. The Bertz CT molecular complexity index is 153. The Morgan fingerprint density at radius 3 is 2.89 bits per heavy atom. The fourth-order valence-corrected chi connectivity index (χ4v) is 0.769. The van der Waals surface area contributed by atoms with Crippen molar-refractivity contribution in [3.8, 4) is 0 Å². The van der Waals surface area contributed by atoms with Gasteiger partial charge in [0, 0.05) is 13.0 Å². The molecule has 0 bridgehead atoms. The van der Waals surface area contributed by atoms with Gasteiger partial charge in [-0.2, -0.15) is 0 Å². The fraction of sp³-hybridized carbons (Fsp3) is 0.600. The standard InChI is InChI=1S/C5H8N2O2/c8-5-4(7-9)2-1-3-6-5/h9H,1-3H2,(H,6,8)/b7-4+. The zero-order valence-electron chi connectivity index (χ0n) is 4.92. The monoisotopic (exact) mass is 128 g/mol. The number of nitrogens with zero attached hydrogens (tertiary/aromatic N) is 1. The second kappa shape index (κ2) is 2.48. The Labute approximate surface area is 52.5 Å². The van der Waals surface area contributed by atoms with Crippen molar-refractivity contribution in [2.45, 2.75) is 12.8 Å². The maximum atomic E-state index is 10.6. The van der Waals surface area contributed by atoms with Gasteiger partial charge in [0.2, 0.25) is 0 Å². The highest BCUT2D eigenvalue weighted by atomic mass is 16.4. The Kier molecular flexibility index (Phi) is 1.67. The molecule has 1 fully saturated rings. The second-order valence-corrected chi connectivity index (χ2v) is 1.91. The molecular formula is C5H8N2O2. The predicted molar refractivity (Wildman–Crippen MR) is 31.5 cm³/mol. The molecule has 0 saturated carbocycles. The lowest BCUT2D eigenvalue weighted by molar-refractivity contribution is -0.115. The Hall–Kier alpha value is -1.06. The number of amides is 1. The summed E-state index contributed by atoms with van der Waals surface area (Å²) in [7, 11) is 0. The van der Waals surface area contributed by atoms with Gasteiger partial charge < -0.3 is 10.5 Å². The molecule has 9 heavy (non-hydrogen) atoms. The van der Waals surface area contributed by atoms with E-state index in [1.54, 1.807) is 0 Å². The highest BCUT2D eigenvalue weighted by Gasteiger charge is 2.15. The number of piperidine rings is 1. The number of carbonyl (C=O) groups is 1. The molecule has 4 heteroatoms. The number of hydrogen-bond donors (Lipinski definition) is 2. The van der Waals surface area contributed by atoms with Gasteiger partial charge in [-0.15, -0.1) is 0 Å². The first-order valence-electron chi connectivity index (χ1n) is 2.83. The lowest BCUT2D eigenvalue weighted by atomic mass is 10.1. The van der Waals surface area contributed by atoms with E-state index in [0.29, 0.717) is 13.0 Å². The highest BCUT2D eigenvalue weighted by molar-refractivity contribution is 6.39. The molecule has 0 aromatic heterocycles. The van der Waals surface area contributed by atoms with Crippen LogP contribution in [0.5, 0.6) is 0 Å². The van der Waals surface area contributed by atoms with Crippen LogP contribution in [0.25, 0.3) is 0 Å². The van der Waals surface area contributed by atoms with Crippen LogP contribution in [0, 0.1) is 0 Å². The molecule has 1 heterocycles. The quantitative estimate of drug-likeness (QED) is 0.348. The number of hydrogen-bond acceptors (Lipinski definition) is 3. The van der Waals surface area contributed by atoms with Crippen molar-refractivity contribution in [2.24, 2.45) is 5.16 Å². The smallest absolute Gasteiger partial charge is 0.269 e. The zero-order chi connectivity index (χ0) is 6.69. The minimum Gasteiger partial charge on any atom is -0.410 e. The molecular weight excluding hydrogens is 120 g/mol. The van der Waals surface area contributed by atoms with E-state index in [-0.39, 0.29) is 11.6 Å². The van der Waals surface area contributed by atoms with Crippen LogP contribution >= 0.6 is 0 Å². The fourth-order valence-electron chi connectivity index (χ4n) is 0.769. The van der Waals surface area contributed by atoms with E-state index in [0.717, 1.165) is 6.42 Å². The molecule has 0 aromatic rings. The van der Waals surface area contributed by atoms with Crippen LogP contribution in [0.2, 0.25) is 0 Å². The summed E-state index contributed by atoms with van der Waals surface area (Å²) in [4.78, 5) is 10.6. The molecule has 0 aromatic carbocycles. The minimum atomic E-state index is -0.247. The first-order chi connectivity index (χ1) is 4.34. The van der Waals surface area contributed by atoms with Crippen LogP contribution in [0.3, 0.4) is 0 Å². The summed E-state index contributed by atoms with van der Waals surface area (Å²) in [6, 6.07) is 0. The molecule has 0 unspecified atom stereocenters. The van der Waals surface area contributed by atoms with Crippen molar-refractivity contribution in [1.82, 2.24) is 5.32 Å². The maximum absolute atomic E-state index is 10.6. The molecule has 1 aliphatic rings. The van der Waals surface area contributed by atoms with Gasteiger partial charge in [-0.25, -0.2) is 0 Å². The lowest BCUT2D eigenvalue weighted by Gasteiger charge is -2.10. The van der Waals surface area contributed by atoms with Crippen molar-refractivity contribution in [3.05, 3.63) is 0 Å². The molecule has 0 aliphatic carbocycles. The lowest BCUT2D eigenvalue weighted by Crippen LogP contribution is -2.36. The highest BCUT2D eigenvalue weighted by Crippen LogP contribution is 1.97. The van der Waals surface area contributed by atoms with E-state index in [2.05, 4.69) is 10.5 Å². The van der Waals surface area contributed by atoms with Gasteiger partial charge in [0.05, 0.1) is 0 Å². The maximum Gasteiger partial charge on any atom is 0.269 e. The summed E-state index contributed by atoms with van der Waals surface area (Å²) in [6.07, 6.45) is 1.45. The van der Waals surface area contributed by atoms with Gasteiger partial charge in [0.25, 0.3) is 5.91 Å². The van der Waals surface area contributed by atoms with Gasteiger partial charge in [-0.1, -0.05) is 5.16 Å². The summed E-state index contributed by atoms with van der Waals surface area (Å²) in [5.74, 6) is -0.247. The topological polar surface area (TPSA) is 61.7 Å². The molecule has 1 aliphatic heterocycles. The molecule has 1 amide bonds. The van der Waals surface area contributed by atoms with Crippen LogP contribution in [-0.2, 0) is 4.79 Å². The number of rotatable bonds is 0. The third-order valence-electron chi connectivity index (χ3n) is 1.26. The molecule has 1 saturated heterocycles. The minimum absolute atomic E-state index is 0.237. The van der Waals surface area contributed by atoms with E-state index >= 15 is 0 Å². The first-order valence-corrected chi connectivity index (χ1v) is 2.83. The molecule has 50 valence electrons. The molecule has 1 rings (SSSR count). The third-order valence-corrected chi connectivity index (χ3v) is 1.26. The Morgan fingerprint density at radius 1 is 1.67 bits per heavy atom. The van der Waals surface area contributed by atoms with Crippen molar-refractivity contribution >= 4 is 11.6 Å². The summed E-state index contributed by atoms with van der Waals surface area (Å²) in [5.41, 5.74) is 0.237. The Morgan fingerprint density at radius 2 is 2.44 bits per heavy atom. The molecule has 0 spiro atoms. The molecule has 0 atom stereocenters. The van der Waals surface area contributed by atoms with Crippen molar-refractivity contribution < 1.29 is 10.0 Å². The van der Waals surface area contributed by atoms with Gasteiger partial charge in [0.1, 0.15) is 5.71 Å². The average Bonchev–Trinajstić information content (AvgIpc) is 1.89. The molecule has 2 N–H and O–H groups in total. The van der Waals surface area contributed by atoms with E-state index < -0.39 is 0 Å². The van der Waals surface area contributed by atoms with Crippen molar-refractivity contribution in [2.75, 3.05) is 6.54 Å². The van der Waals surface area contributed by atoms with E-state index in [1.165, 1.54) is 0 Å². The van der Waals surface area contributed by atoms with E-state index in [1.807, 2.05) is 0 Å². The van der Waals surface area contributed by atoms with Crippen molar-refractivity contribution in [1.29, 1.82) is 0 Å². The largest absolute Gasteiger partial charge is 0.410 e. The van der Waals surface area contributed by atoms with E-state index in [4.69, 9.17) is 5.21 Å². The normalized spacial score (nSPS) is 24.0. The van der Waals surface area contributed by atoms with Crippen molar-refractivity contribution in [3.63, 3.8) is 0 Å². The summed E-state index contributed by atoms with van der Waals surface area (Å²) in [5, 5.41) is 13.6. The van der Waals surface area contributed by atoms with Gasteiger partial charge >= 0.3 is 0 Å². The van der Waals surface area contributed by atoms with Crippen LogP contribution < -0.4 is 5.32 Å². The SMILES string of the molecule is O=C1NCCC/C1=N\O.